The average Bonchev–Trinajstić information content (AvgIpc) is 2.89. The van der Waals surface area contributed by atoms with Crippen molar-refractivity contribution in [3.8, 4) is 0 Å². The second kappa shape index (κ2) is 5.73. The van der Waals surface area contributed by atoms with Crippen molar-refractivity contribution >= 4 is 11.8 Å². The van der Waals surface area contributed by atoms with Crippen LogP contribution in [0.1, 0.15) is 68.3 Å². The van der Waals surface area contributed by atoms with Crippen LogP contribution in [-0.4, -0.2) is 23.0 Å². The first-order chi connectivity index (χ1) is 11.2. The van der Waals surface area contributed by atoms with E-state index in [-0.39, 0.29) is 29.3 Å². The molecule has 1 aromatic heterocycles. The molecule has 1 N–H and O–H groups in total. The molecule has 0 unspecified atom stereocenters. The number of hydrogen-bond acceptors (Lipinski definition) is 5. The number of hydrogen-bond donors (Lipinski definition) is 1. The van der Waals surface area contributed by atoms with Crippen molar-refractivity contribution in [2.45, 2.75) is 59.7 Å². The van der Waals surface area contributed by atoms with Crippen molar-refractivity contribution in [2.24, 2.45) is 23.2 Å². The predicted molar refractivity (Wildman–Crippen MR) is 87.4 cm³/mol. The molecule has 0 saturated heterocycles. The minimum atomic E-state index is -0.738. The summed E-state index contributed by atoms with van der Waals surface area (Å²) in [5, 5.41) is 10.5. The molecule has 2 aliphatic rings. The zero-order valence-corrected chi connectivity index (χ0v) is 15.0. The van der Waals surface area contributed by atoms with Crippen molar-refractivity contribution in [3.63, 3.8) is 0 Å². The lowest BCUT2D eigenvalue weighted by Crippen LogP contribution is -2.55. The highest BCUT2D eigenvalue weighted by molar-refractivity contribution is 5.99. The maximum absolute atomic E-state index is 13.0. The van der Waals surface area contributed by atoms with E-state index in [0.717, 1.165) is 12.0 Å². The minimum absolute atomic E-state index is 0.141. The van der Waals surface area contributed by atoms with Crippen molar-refractivity contribution in [2.75, 3.05) is 0 Å². The van der Waals surface area contributed by atoms with Crippen LogP contribution in [0, 0.1) is 30.1 Å². The second-order valence-corrected chi connectivity index (χ2v) is 7.89. The van der Waals surface area contributed by atoms with Gasteiger partial charge in [-0.3, -0.25) is 9.59 Å². The van der Waals surface area contributed by atoms with Gasteiger partial charge in [0, 0.05) is 11.0 Å². The third-order valence-electron chi connectivity index (χ3n) is 6.07. The predicted octanol–water partition coefficient (Wildman–Crippen LogP) is 3.44. The Kier molecular flexibility index (Phi) is 4.11. The average molecular weight is 334 g/mol. The van der Waals surface area contributed by atoms with Gasteiger partial charge in [0.1, 0.15) is 6.10 Å². The number of rotatable bonds is 2. The fraction of sp³-hybridized carbons (Fsp3) is 0.684. The smallest absolute Gasteiger partial charge is 0.309 e. The monoisotopic (exact) mass is 334 g/mol. The maximum Gasteiger partial charge on any atom is 0.309 e. The molecule has 0 spiro atoms. The molecule has 2 aliphatic carbocycles. The molecule has 5 atom stereocenters. The van der Waals surface area contributed by atoms with Crippen molar-refractivity contribution in [3.05, 3.63) is 23.2 Å². The third kappa shape index (κ3) is 2.25. The van der Waals surface area contributed by atoms with Gasteiger partial charge >= 0.3 is 5.97 Å². The van der Waals surface area contributed by atoms with Crippen LogP contribution in [0.4, 0.5) is 0 Å². The number of aliphatic hydroxyl groups excluding tert-OH is 1. The molecule has 24 heavy (non-hydrogen) atoms. The van der Waals surface area contributed by atoms with E-state index < -0.39 is 23.5 Å². The maximum atomic E-state index is 13.0. The Morgan fingerprint density at radius 2 is 2.08 bits per heavy atom. The van der Waals surface area contributed by atoms with Gasteiger partial charge in [-0.25, -0.2) is 0 Å². The summed E-state index contributed by atoms with van der Waals surface area (Å²) in [7, 11) is 0. The lowest BCUT2D eigenvalue weighted by molar-refractivity contribution is -0.176. The van der Waals surface area contributed by atoms with E-state index in [4.69, 9.17) is 9.15 Å². The van der Waals surface area contributed by atoms with Crippen LogP contribution in [0.5, 0.6) is 0 Å². The summed E-state index contributed by atoms with van der Waals surface area (Å²) in [6.07, 6.45) is 1.60. The summed E-state index contributed by atoms with van der Waals surface area (Å²) < 4.78 is 11.4. The zero-order chi connectivity index (χ0) is 17.8. The number of Topliss-reactive ketones (excluding diaryl/α,β-unsaturated/α-hetero) is 1. The lowest BCUT2D eigenvalue weighted by atomic mass is 9.53. The molecule has 5 heteroatoms. The highest BCUT2D eigenvalue weighted by Gasteiger charge is 2.61. The van der Waals surface area contributed by atoms with E-state index in [2.05, 4.69) is 6.92 Å². The van der Waals surface area contributed by atoms with Crippen LogP contribution in [0.2, 0.25) is 0 Å². The van der Waals surface area contributed by atoms with Gasteiger partial charge in [-0.05, 0) is 31.2 Å². The molecule has 0 amide bonds. The van der Waals surface area contributed by atoms with Crippen LogP contribution in [0.15, 0.2) is 10.7 Å². The third-order valence-corrected chi connectivity index (χ3v) is 6.07. The van der Waals surface area contributed by atoms with Gasteiger partial charge in [0.2, 0.25) is 5.78 Å². The molecule has 1 fully saturated rings. The van der Waals surface area contributed by atoms with Crippen LogP contribution in [0.25, 0.3) is 0 Å². The van der Waals surface area contributed by atoms with E-state index in [0.29, 0.717) is 12.0 Å². The number of carbonyl (C=O) groups excluding carboxylic acids is 2. The minimum Gasteiger partial charge on any atom is -0.460 e. The Balaban J connectivity index is 2.18. The van der Waals surface area contributed by atoms with Crippen molar-refractivity contribution in [1.82, 2.24) is 0 Å². The zero-order valence-electron chi connectivity index (χ0n) is 15.0. The standard InChI is InChI=1S/C19H26O5/c1-9(2)18(22)24-17-13-10(3)8-23-16(13)15(21)14-12(20)7-6-11(4)19(14,17)5/h8-9,11-12,14,17,20H,6-7H2,1-5H3/t11-,12-,14-,17+,19+/m0/s1. The fourth-order valence-electron chi connectivity index (χ4n) is 4.36. The van der Waals surface area contributed by atoms with Crippen molar-refractivity contribution < 1.29 is 23.8 Å². The fourth-order valence-corrected chi connectivity index (χ4v) is 4.36. The van der Waals surface area contributed by atoms with Gasteiger partial charge in [-0.1, -0.05) is 27.7 Å². The summed E-state index contributed by atoms with van der Waals surface area (Å²) in [5.41, 5.74) is 0.849. The van der Waals surface area contributed by atoms with Gasteiger partial charge in [0.15, 0.2) is 5.76 Å². The van der Waals surface area contributed by atoms with E-state index in [1.807, 2.05) is 13.8 Å². The first kappa shape index (κ1) is 17.2. The van der Waals surface area contributed by atoms with Crippen LogP contribution >= 0.6 is 0 Å². The molecule has 0 aliphatic heterocycles. The quantitative estimate of drug-likeness (QED) is 0.838. The largest absolute Gasteiger partial charge is 0.460 e. The Morgan fingerprint density at radius 1 is 1.42 bits per heavy atom. The van der Waals surface area contributed by atoms with Crippen LogP contribution < -0.4 is 0 Å². The summed E-state index contributed by atoms with van der Waals surface area (Å²) in [5.74, 6) is -0.954. The molecule has 1 heterocycles. The SMILES string of the molecule is Cc1coc2c1[C@@H](OC(=O)C(C)C)[C@@]1(C)[C@H](C2=O)[C@@H](O)CC[C@@H]1C. The Hall–Kier alpha value is -1.62. The van der Waals surface area contributed by atoms with Gasteiger partial charge in [-0.2, -0.15) is 0 Å². The topological polar surface area (TPSA) is 76.7 Å². The molecule has 1 aromatic rings. The second-order valence-electron chi connectivity index (χ2n) is 7.89. The van der Waals surface area contributed by atoms with Gasteiger partial charge in [-0.15, -0.1) is 0 Å². The Morgan fingerprint density at radius 3 is 2.71 bits per heavy atom. The summed E-state index contributed by atoms with van der Waals surface area (Å²) >= 11 is 0. The van der Waals surface area contributed by atoms with Gasteiger partial charge in [0.05, 0.1) is 24.2 Å². The first-order valence-electron chi connectivity index (χ1n) is 8.70. The van der Waals surface area contributed by atoms with E-state index in [1.54, 1.807) is 13.8 Å². The highest BCUT2D eigenvalue weighted by atomic mass is 16.5. The molecule has 132 valence electrons. The molecule has 0 bridgehead atoms. The number of esters is 1. The lowest BCUT2D eigenvalue weighted by Gasteiger charge is -2.53. The van der Waals surface area contributed by atoms with Gasteiger partial charge < -0.3 is 14.3 Å². The van der Waals surface area contributed by atoms with Crippen molar-refractivity contribution in [1.29, 1.82) is 0 Å². The number of ether oxygens (including phenoxy) is 1. The molecule has 1 saturated carbocycles. The number of ketones is 1. The number of aliphatic hydroxyl groups is 1. The summed E-state index contributed by atoms with van der Waals surface area (Å²) in [6, 6.07) is 0. The van der Waals surface area contributed by atoms with E-state index in [1.165, 1.54) is 6.26 Å². The number of furan rings is 1. The van der Waals surface area contributed by atoms with Gasteiger partial charge in [0.25, 0.3) is 0 Å². The van der Waals surface area contributed by atoms with Crippen LogP contribution in [0.3, 0.4) is 0 Å². The number of aryl methyl sites for hydroxylation is 1. The summed E-state index contributed by atoms with van der Waals surface area (Å²) in [4.78, 5) is 25.3. The van der Waals surface area contributed by atoms with E-state index in [9.17, 15) is 14.7 Å². The normalized spacial score (nSPS) is 35.5. The molecular formula is C19H26O5. The van der Waals surface area contributed by atoms with E-state index >= 15 is 0 Å². The van der Waals surface area contributed by atoms with Crippen LogP contribution in [-0.2, 0) is 9.53 Å². The highest BCUT2D eigenvalue weighted by Crippen LogP contribution is 2.59. The Bertz CT molecular complexity index is 673. The number of carbonyl (C=O) groups is 2. The summed E-state index contributed by atoms with van der Waals surface area (Å²) in [6.45, 7) is 9.48. The Labute approximate surface area is 142 Å². The number of fused-ring (bicyclic) bond motifs is 2. The molecule has 3 rings (SSSR count). The molecular weight excluding hydrogens is 308 g/mol. The molecule has 0 aromatic carbocycles. The first-order valence-corrected chi connectivity index (χ1v) is 8.70. The molecule has 5 nitrogen and oxygen atoms in total. The molecule has 0 radical (unpaired) electrons.